The van der Waals surface area contributed by atoms with Gasteiger partial charge in [-0.3, -0.25) is 0 Å². The van der Waals surface area contributed by atoms with Crippen molar-refractivity contribution < 1.29 is 0 Å². The lowest BCUT2D eigenvalue weighted by Crippen LogP contribution is -2.24. The first-order chi connectivity index (χ1) is 9.27. The highest BCUT2D eigenvalue weighted by atomic mass is 32.1. The molecule has 0 spiro atoms. The Bertz CT molecular complexity index is 544. The third kappa shape index (κ3) is 3.02. The first-order valence-corrected chi connectivity index (χ1v) is 7.12. The van der Waals surface area contributed by atoms with Crippen LogP contribution in [0, 0.1) is 0 Å². The van der Waals surface area contributed by atoms with Crippen molar-refractivity contribution in [2.75, 3.05) is 18.0 Å². The summed E-state index contributed by atoms with van der Waals surface area (Å²) in [6.07, 6.45) is 0. The van der Waals surface area contributed by atoms with Crippen LogP contribution in [0.5, 0.6) is 0 Å². The molecule has 1 nitrogen and oxygen atoms in total. The van der Waals surface area contributed by atoms with E-state index in [1.54, 1.807) is 0 Å². The summed E-state index contributed by atoms with van der Waals surface area (Å²) >= 11 is 5.66. The second-order valence-corrected chi connectivity index (χ2v) is 4.79. The predicted molar refractivity (Wildman–Crippen MR) is 87.2 cm³/mol. The van der Waals surface area contributed by atoms with E-state index in [4.69, 9.17) is 12.2 Å². The summed E-state index contributed by atoms with van der Waals surface area (Å²) in [4.78, 5) is 3.26. The molecule has 0 heterocycles. The van der Waals surface area contributed by atoms with Gasteiger partial charge >= 0.3 is 0 Å². The van der Waals surface area contributed by atoms with Gasteiger partial charge in [-0.05, 0) is 25.5 Å². The van der Waals surface area contributed by atoms with Crippen molar-refractivity contribution in [1.29, 1.82) is 0 Å². The highest BCUT2D eigenvalue weighted by Gasteiger charge is 2.12. The molecule has 2 heteroatoms. The minimum atomic E-state index is 0.920. The minimum absolute atomic E-state index is 0.920. The van der Waals surface area contributed by atoms with Crippen LogP contribution in [0.2, 0.25) is 0 Å². The van der Waals surface area contributed by atoms with Crippen LogP contribution < -0.4 is 4.90 Å². The van der Waals surface area contributed by atoms with Gasteiger partial charge in [0.1, 0.15) is 0 Å². The second kappa shape index (κ2) is 6.48. The zero-order valence-corrected chi connectivity index (χ0v) is 12.3. The van der Waals surface area contributed by atoms with Crippen molar-refractivity contribution in [1.82, 2.24) is 0 Å². The molecule has 0 fully saturated rings. The molecule has 19 heavy (non-hydrogen) atoms. The number of thiocarbonyl (C=S) groups is 1. The summed E-state index contributed by atoms with van der Waals surface area (Å²) in [7, 11) is 0. The Hall–Kier alpha value is -1.67. The smallest absolute Gasteiger partial charge is 0.0542 e. The van der Waals surface area contributed by atoms with Gasteiger partial charge in [0.25, 0.3) is 0 Å². The van der Waals surface area contributed by atoms with Gasteiger partial charge in [0.15, 0.2) is 0 Å². The van der Waals surface area contributed by atoms with Gasteiger partial charge < -0.3 is 4.90 Å². The molecule has 0 atom stereocenters. The van der Waals surface area contributed by atoms with Crippen molar-refractivity contribution in [3.8, 4) is 0 Å². The molecule has 0 amide bonds. The molecule has 2 aromatic carbocycles. The molecule has 0 radical (unpaired) electrons. The highest BCUT2D eigenvalue weighted by Crippen LogP contribution is 2.23. The molecule has 0 bridgehead atoms. The Morgan fingerprint density at radius 2 is 1.47 bits per heavy atom. The minimum Gasteiger partial charge on any atom is -0.372 e. The van der Waals surface area contributed by atoms with E-state index < -0.39 is 0 Å². The fourth-order valence-electron chi connectivity index (χ4n) is 2.25. The van der Waals surface area contributed by atoms with Gasteiger partial charge in [0.05, 0.1) is 4.86 Å². The predicted octanol–water partition coefficient (Wildman–Crippen LogP) is 4.30. The van der Waals surface area contributed by atoms with Crippen LogP contribution in [0.4, 0.5) is 5.69 Å². The zero-order chi connectivity index (χ0) is 13.7. The fraction of sp³-hybridized carbons (Fsp3) is 0.235. The summed E-state index contributed by atoms with van der Waals surface area (Å²) < 4.78 is 0. The van der Waals surface area contributed by atoms with Gasteiger partial charge in [-0.15, -0.1) is 0 Å². The molecule has 0 aliphatic rings. The van der Waals surface area contributed by atoms with E-state index in [-0.39, 0.29) is 0 Å². The van der Waals surface area contributed by atoms with Crippen LogP contribution in [0.15, 0.2) is 54.6 Å². The zero-order valence-electron chi connectivity index (χ0n) is 11.5. The van der Waals surface area contributed by atoms with Crippen LogP contribution in [0.1, 0.15) is 25.0 Å². The third-order valence-corrected chi connectivity index (χ3v) is 3.74. The number of rotatable bonds is 5. The van der Waals surface area contributed by atoms with Crippen LogP contribution in [-0.4, -0.2) is 18.0 Å². The first kappa shape index (κ1) is 13.8. The number of nitrogens with zero attached hydrogens (tertiary/aromatic N) is 1. The molecule has 0 unspecified atom stereocenters. The van der Waals surface area contributed by atoms with Crippen LogP contribution >= 0.6 is 12.2 Å². The molecule has 2 aromatic rings. The van der Waals surface area contributed by atoms with Crippen molar-refractivity contribution in [2.45, 2.75) is 13.8 Å². The van der Waals surface area contributed by atoms with Crippen molar-refractivity contribution in [2.24, 2.45) is 0 Å². The fourth-order valence-corrected chi connectivity index (χ4v) is 2.56. The van der Waals surface area contributed by atoms with E-state index in [0.717, 1.165) is 29.1 Å². The van der Waals surface area contributed by atoms with E-state index in [1.165, 1.54) is 5.69 Å². The quantitative estimate of drug-likeness (QED) is 0.588. The third-order valence-electron chi connectivity index (χ3n) is 3.29. The van der Waals surface area contributed by atoms with Gasteiger partial charge in [-0.2, -0.15) is 0 Å². The number of anilines is 1. The lowest BCUT2D eigenvalue weighted by Gasteiger charge is -2.24. The molecule has 98 valence electrons. The Morgan fingerprint density at radius 1 is 0.895 bits per heavy atom. The van der Waals surface area contributed by atoms with Gasteiger partial charge in [-0.1, -0.05) is 60.7 Å². The maximum atomic E-state index is 5.66. The Balaban J connectivity index is 2.43. The molecular formula is C17H19NS. The monoisotopic (exact) mass is 269 g/mol. The SMILES string of the molecule is CCN(CC)c1ccccc1C(=S)c1ccccc1. The topological polar surface area (TPSA) is 3.24 Å². The first-order valence-electron chi connectivity index (χ1n) is 6.71. The van der Waals surface area contributed by atoms with E-state index in [1.807, 2.05) is 18.2 Å². The number of para-hydroxylation sites is 1. The van der Waals surface area contributed by atoms with Crippen LogP contribution in [0.3, 0.4) is 0 Å². The Labute approximate surface area is 120 Å². The standard InChI is InChI=1S/C17H19NS/c1-3-18(4-2)16-13-9-8-12-15(16)17(19)14-10-6-5-7-11-14/h5-13H,3-4H2,1-2H3. The molecule has 0 aromatic heterocycles. The average Bonchev–Trinajstić information content (AvgIpc) is 2.49. The molecular weight excluding hydrogens is 250 g/mol. The Kier molecular flexibility index (Phi) is 4.69. The number of hydrogen-bond acceptors (Lipinski definition) is 2. The largest absolute Gasteiger partial charge is 0.372 e. The molecule has 0 saturated heterocycles. The summed E-state index contributed by atoms with van der Waals surface area (Å²) in [5.74, 6) is 0. The highest BCUT2D eigenvalue weighted by molar-refractivity contribution is 7.81. The van der Waals surface area contributed by atoms with E-state index >= 15 is 0 Å². The van der Waals surface area contributed by atoms with E-state index in [0.29, 0.717) is 0 Å². The van der Waals surface area contributed by atoms with E-state index in [9.17, 15) is 0 Å². The number of benzene rings is 2. The van der Waals surface area contributed by atoms with Crippen LogP contribution in [0.25, 0.3) is 0 Å². The lowest BCUT2D eigenvalue weighted by molar-refractivity contribution is 0.865. The molecule has 2 rings (SSSR count). The summed E-state index contributed by atoms with van der Waals surface area (Å²) in [6, 6.07) is 18.6. The Morgan fingerprint density at radius 3 is 2.11 bits per heavy atom. The summed E-state index contributed by atoms with van der Waals surface area (Å²) in [5, 5.41) is 0. The maximum Gasteiger partial charge on any atom is 0.0542 e. The van der Waals surface area contributed by atoms with Gasteiger partial charge in [-0.25, -0.2) is 0 Å². The normalized spacial score (nSPS) is 10.2. The molecule has 0 saturated carbocycles. The molecule has 0 aliphatic carbocycles. The maximum absolute atomic E-state index is 5.66. The van der Waals surface area contributed by atoms with Crippen molar-refractivity contribution in [3.63, 3.8) is 0 Å². The number of hydrogen-bond donors (Lipinski definition) is 0. The average molecular weight is 269 g/mol. The summed E-state index contributed by atoms with van der Waals surface area (Å²) in [5.41, 5.74) is 3.48. The lowest BCUT2D eigenvalue weighted by atomic mass is 10.0. The van der Waals surface area contributed by atoms with Crippen LogP contribution in [-0.2, 0) is 0 Å². The molecule has 0 N–H and O–H groups in total. The van der Waals surface area contributed by atoms with Crippen molar-refractivity contribution >= 4 is 22.8 Å². The van der Waals surface area contributed by atoms with Gasteiger partial charge in [0.2, 0.25) is 0 Å². The second-order valence-electron chi connectivity index (χ2n) is 4.38. The van der Waals surface area contributed by atoms with Crippen molar-refractivity contribution in [3.05, 3.63) is 65.7 Å². The van der Waals surface area contributed by atoms with E-state index in [2.05, 4.69) is 55.1 Å². The van der Waals surface area contributed by atoms with Gasteiger partial charge in [0, 0.05) is 24.3 Å². The molecule has 0 aliphatic heterocycles. The summed E-state index contributed by atoms with van der Waals surface area (Å²) in [6.45, 7) is 6.33.